The molecular weight excluding hydrogens is 264 g/mol. The van der Waals surface area contributed by atoms with E-state index in [0.717, 1.165) is 32.1 Å². The van der Waals surface area contributed by atoms with Gasteiger partial charge in [0.15, 0.2) is 0 Å². The van der Waals surface area contributed by atoms with Gasteiger partial charge in [-0.2, -0.15) is 5.26 Å². The van der Waals surface area contributed by atoms with E-state index >= 15 is 0 Å². The van der Waals surface area contributed by atoms with E-state index in [4.69, 9.17) is 5.26 Å². The highest BCUT2D eigenvalue weighted by molar-refractivity contribution is 5.94. The maximum Gasteiger partial charge on any atom is 0.251 e. The Morgan fingerprint density at radius 1 is 1.38 bits per heavy atom. The first-order chi connectivity index (χ1) is 10.1. The second kappa shape index (κ2) is 6.73. The highest BCUT2D eigenvalue weighted by atomic mass is 16.3. The van der Waals surface area contributed by atoms with E-state index in [9.17, 15) is 9.90 Å². The molecule has 0 aromatic heterocycles. The van der Waals surface area contributed by atoms with Crippen molar-refractivity contribution in [2.75, 3.05) is 6.54 Å². The van der Waals surface area contributed by atoms with Crippen molar-refractivity contribution in [1.82, 2.24) is 5.32 Å². The molecule has 0 atom stereocenters. The number of hydrogen-bond acceptors (Lipinski definition) is 3. The second-order valence-corrected chi connectivity index (χ2v) is 5.95. The predicted octanol–water partition coefficient (Wildman–Crippen LogP) is 2.62. The zero-order valence-electron chi connectivity index (χ0n) is 12.4. The number of nitriles is 1. The largest absolute Gasteiger partial charge is 0.388 e. The number of amides is 1. The monoisotopic (exact) mass is 286 g/mol. The fourth-order valence-electron chi connectivity index (χ4n) is 2.84. The van der Waals surface area contributed by atoms with Gasteiger partial charge in [-0.3, -0.25) is 4.79 Å². The van der Waals surface area contributed by atoms with Crippen molar-refractivity contribution in [3.8, 4) is 6.07 Å². The Bertz CT molecular complexity index is 523. The molecule has 4 nitrogen and oxygen atoms in total. The molecule has 1 fully saturated rings. The number of benzene rings is 1. The number of carbonyl (C=O) groups is 1. The molecule has 0 saturated heterocycles. The Balaban J connectivity index is 1.87. The molecule has 0 heterocycles. The van der Waals surface area contributed by atoms with Crippen molar-refractivity contribution in [2.24, 2.45) is 5.92 Å². The van der Waals surface area contributed by atoms with Gasteiger partial charge in [-0.1, -0.05) is 13.3 Å². The summed E-state index contributed by atoms with van der Waals surface area (Å²) in [6.07, 6.45) is 4.71. The summed E-state index contributed by atoms with van der Waals surface area (Å²) in [4.78, 5) is 12.0. The van der Waals surface area contributed by atoms with Gasteiger partial charge in [-0.15, -0.1) is 0 Å². The number of nitrogens with zero attached hydrogens (tertiary/aromatic N) is 1. The van der Waals surface area contributed by atoms with Gasteiger partial charge in [0.25, 0.3) is 5.91 Å². The van der Waals surface area contributed by atoms with Crippen molar-refractivity contribution in [3.05, 3.63) is 35.4 Å². The Morgan fingerprint density at radius 2 is 2.00 bits per heavy atom. The van der Waals surface area contributed by atoms with Gasteiger partial charge in [-0.05, 0) is 55.9 Å². The highest BCUT2D eigenvalue weighted by Gasteiger charge is 2.32. The lowest BCUT2D eigenvalue weighted by atomic mass is 9.78. The Kier molecular flexibility index (Phi) is 4.98. The average Bonchev–Trinajstić information content (AvgIpc) is 2.53. The minimum atomic E-state index is -0.770. The lowest BCUT2D eigenvalue weighted by Gasteiger charge is -2.35. The van der Waals surface area contributed by atoms with Crippen LogP contribution in [0.2, 0.25) is 0 Å². The molecule has 1 aromatic rings. The van der Waals surface area contributed by atoms with E-state index in [0.29, 0.717) is 23.6 Å². The van der Waals surface area contributed by atoms with Crippen LogP contribution in [0.3, 0.4) is 0 Å². The third kappa shape index (κ3) is 4.05. The SMILES string of the molecule is CCC1CCC(O)(CNC(=O)c2ccc(C#N)cc2)CC1. The van der Waals surface area contributed by atoms with Gasteiger partial charge in [0, 0.05) is 12.1 Å². The number of aliphatic hydroxyl groups is 1. The predicted molar refractivity (Wildman–Crippen MR) is 80.7 cm³/mol. The summed E-state index contributed by atoms with van der Waals surface area (Å²) in [6, 6.07) is 8.52. The maximum atomic E-state index is 12.0. The van der Waals surface area contributed by atoms with E-state index in [1.807, 2.05) is 6.07 Å². The summed E-state index contributed by atoms with van der Waals surface area (Å²) in [5.74, 6) is 0.505. The first-order valence-corrected chi connectivity index (χ1v) is 7.57. The molecular formula is C17H22N2O2. The van der Waals surface area contributed by atoms with Crippen molar-refractivity contribution in [1.29, 1.82) is 5.26 Å². The Morgan fingerprint density at radius 3 is 2.52 bits per heavy atom. The van der Waals surface area contributed by atoms with E-state index in [1.54, 1.807) is 24.3 Å². The summed E-state index contributed by atoms with van der Waals surface area (Å²) < 4.78 is 0. The fourth-order valence-corrected chi connectivity index (χ4v) is 2.84. The van der Waals surface area contributed by atoms with Crippen molar-refractivity contribution in [3.63, 3.8) is 0 Å². The zero-order chi connectivity index (χ0) is 15.3. The fraction of sp³-hybridized carbons (Fsp3) is 0.529. The smallest absolute Gasteiger partial charge is 0.251 e. The van der Waals surface area contributed by atoms with Crippen LogP contribution in [-0.2, 0) is 0 Å². The molecule has 1 amide bonds. The minimum absolute atomic E-state index is 0.203. The maximum absolute atomic E-state index is 12.0. The van der Waals surface area contributed by atoms with Crippen molar-refractivity contribution in [2.45, 2.75) is 44.6 Å². The number of hydrogen-bond donors (Lipinski definition) is 2. The van der Waals surface area contributed by atoms with Crippen LogP contribution in [0.4, 0.5) is 0 Å². The lowest BCUT2D eigenvalue weighted by molar-refractivity contribution is -0.00786. The number of nitrogens with one attached hydrogen (secondary N) is 1. The minimum Gasteiger partial charge on any atom is -0.388 e. The molecule has 4 heteroatoms. The average molecular weight is 286 g/mol. The molecule has 2 rings (SSSR count). The van der Waals surface area contributed by atoms with E-state index < -0.39 is 5.60 Å². The van der Waals surface area contributed by atoms with E-state index in [2.05, 4.69) is 12.2 Å². The van der Waals surface area contributed by atoms with Crippen LogP contribution in [-0.4, -0.2) is 23.2 Å². The molecule has 21 heavy (non-hydrogen) atoms. The highest BCUT2D eigenvalue weighted by Crippen LogP contribution is 2.33. The van der Waals surface area contributed by atoms with Crippen LogP contribution in [0, 0.1) is 17.2 Å². The van der Waals surface area contributed by atoms with Crippen LogP contribution in [0.1, 0.15) is 54.9 Å². The summed E-state index contributed by atoms with van der Waals surface area (Å²) in [7, 11) is 0. The molecule has 0 radical (unpaired) electrons. The van der Waals surface area contributed by atoms with E-state index in [-0.39, 0.29) is 5.91 Å². The molecule has 1 saturated carbocycles. The summed E-state index contributed by atoms with van der Waals surface area (Å²) in [5.41, 5.74) is 0.274. The van der Waals surface area contributed by atoms with Crippen LogP contribution in [0.5, 0.6) is 0 Å². The van der Waals surface area contributed by atoms with Crippen molar-refractivity contribution < 1.29 is 9.90 Å². The second-order valence-electron chi connectivity index (χ2n) is 5.95. The van der Waals surface area contributed by atoms with Crippen LogP contribution < -0.4 is 5.32 Å². The first kappa shape index (κ1) is 15.5. The van der Waals surface area contributed by atoms with Gasteiger partial charge in [0.2, 0.25) is 0 Å². The van der Waals surface area contributed by atoms with Crippen molar-refractivity contribution >= 4 is 5.91 Å². The summed E-state index contributed by atoms with van der Waals surface area (Å²) in [5, 5.41) is 22.0. The molecule has 1 aromatic carbocycles. The lowest BCUT2D eigenvalue weighted by Crippen LogP contribution is -2.45. The Hall–Kier alpha value is -1.86. The van der Waals surface area contributed by atoms with Gasteiger partial charge in [0.05, 0.1) is 17.2 Å². The first-order valence-electron chi connectivity index (χ1n) is 7.57. The third-order valence-electron chi connectivity index (χ3n) is 4.47. The normalized spacial score (nSPS) is 25.1. The number of carbonyl (C=O) groups excluding carboxylic acids is 1. The van der Waals surface area contributed by atoms with Gasteiger partial charge >= 0.3 is 0 Å². The molecule has 0 unspecified atom stereocenters. The number of rotatable bonds is 4. The topological polar surface area (TPSA) is 73.1 Å². The quantitative estimate of drug-likeness (QED) is 0.893. The Labute approximate surface area is 125 Å². The standard InChI is InChI=1S/C17H22N2O2/c1-2-13-7-9-17(21,10-8-13)12-19-16(20)15-5-3-14(11-18)4-6-15/h3-6,13,21H,2,7-10,12H2,1H3,(H,19,20). The molecule has 1 aliphatic rings. The third-order valence-corrected chi connectivity index (χ3v) is 4.47. The van der Waals surface area contributed by atoms with Gasteiger partial charge in [0.1, 0.15) is 0 Å². The molecule has 112 valence electrons. The van der Waals surface area contributed by atoms with Crippen LogP contribution >= 0.6 is 0 Å². The van der Waals surface area contributed by atoms with Crippen LogP contribution in [0.15, 0.2) is 24.3 Å². The molecule has 0 aliphatic heterocycles. The summed E-state index contributed by atoms with van der Waals surface area (Å²) >= 11 is 0. The van der Waals surface area contributed by atoms with Gasteiger partial charge in [-0.25, -0.2) is 0 Å². The zero-order valence-corrected chi connectivity index (χ0v) is 12.4. The molecule has 2 N–H and O–H groups in total. The molecule has 1 aliphatic carbocycles. The van der Waals surface area contributed by atoms with E-state index in [1.165, 1.54) is 0 Å². The van der Waals surface area contributed by atoms with Crippen LogP contribution in [0.25, 0.3) is 0 Å². The molecule has 0 bridgehead atoms. The summed E-state index contributed by atoms with van der Waals surface area (Å²) in [6.45, 7) is 2.48. The van der Waals surface area contributed by atoms with Gasteiger partial charge < -0.3 is 10.4 Å². The molecule has 0 spiro atoms.